The molecule has 2 atom stereocenters. The van der Waals surface area contributed by atoms with E-state index in [0.29, 0.717) is 18.4 Å². The number of carbonyl (C=O) groups is 3. The average molecular weight is 329 g/mol. The van der Waals surface area contributed by atoms with Crippen LogP contribution >= 0.6 is 0 Å². The third kappa shape index (κ3) is 3.64. The summed E-state index contributed by atoms with van der Waals surface area (Å²) >= 11 is 0. The van der Waals surface area contributed by atoms with Gasteiger partial charge < -0.3 is 10.6 Å². The SMILES string of the molecule is CC1NCCCC1NC(=O)c1ccc(CN2C(=O)CCC2=O)cc1. The summed E-state index contributed by atoms with van der Waals surface area (Å²) < 4.78 is 0. The molecule has 3 rings (SSSR count). The van der Waals surface area contributed by atoms with Gasteiger partial charge in [-0.2, -0.15) is 0 Å². The van der Waals surface area contributed by atoms with Crippen LogP contribution in [0, 0.1) is 0 Å². The summed E-state index contributed by atoms with van der Waals surface area (Å²) in [7, 11) is 0. The van der Waals surface area contributed by atoms with Gasteiger partial charge in [-0.1, -0.05) is 12.1 Å². The number of imide groups is 1. The molecule has 2 fully saturated rings. The van der Waals surface area contributed by atoms with E-state index < -0.39 is 0 Å². The van der Waals surface area contributed by atoms with Crippen molar-refractivity contribution in [2.75, 3.05) is 6.54 Å². The van der Waals surface area contributed by atoms with Crippen LogP contribution in [0.3, 0.4) is 0 Å². The van der Waals surface area contributed by atoms with E-state index in [1.165, 1.54) is 4.90 Å². The van der Waals surface area contributed by atoms with E-state index in [9.17, 15) is 14.4 Å². The number of carbonyl (C=O) groups excluding carboxylic acids is 3. The number of nitrogens with zero attached hydrogens (tertiary/aromatic N) is 1. The largest absolute Gasteiger partial charge is 0.348 e. The number of piperidine rings is 1. The van der Waals surface area contributed by atoms with Crippen LogP contribution in [0.15, 0.2) is 24.3 Å². The summed E-state index contributed by atoms with van der Waals surface area (Å²) in [5.41, 5.74) is 1.44. The Hall–Kier alpha value is -2.21. The first kappa shape index (κ1) is 16.6. The number of rotatable bonds is 4. The Bertz CT molecular complexity index is 625. The maximum absolute atomic E-state index is 12.4. The third-order valence-corrected chi connectivity index (χ3v) is 4.79. The number of nitrogens with one attached hydrogen (secondary N) is 2. The number of hydrogen-bond donors (Lipinski definition) is 2. The maximum atomic E-state index is 12.4. The molecule has 0 saturated carbocycles. The molecule has 0 radical (unpaired) electrons. The number of benzene rings is 1. The Balaban J connectivity index is 1.60. The van der Waals surface area contributed by atoms with E-state index in [0.717, 1.165) is 24.9 Å². The van der Waals surface area contributed by atoms with Crippen LogP contribution in [-0.4, -0.2) is 41.2 Å². The summed E-state index contributed by atoms with van der Waals surface area (Å²) in [5.74, 6) is -0.336. The zero-order chi connectivity index (χ0) is 17.1. The Kier molecular flexibility index (Phi) is 4.94. The van der Waals surface area contributed by atoms with Crippen molar-refractivity contribution in [1.29, 1.82) is 0 Å². The highest BCUT2D eigenvalue weighted by molar-refractivity contribution is 6.01. The van der Waals surface area contributed by atoms with Crippen LogP contribution in [0.5, 0.6) is 0 Å². The monoisotopic (exact) mass is 329 g/mol. The summed E-state index contributed by atoms with van der Waals surface area (Å²) in [5, 5.41) is 6.43. The number of hydrogen-bond acceptors (Lipinski definition) is 4. The molecule has 0 aliphatic carbocycles. The van der Waals surface area contributed by atoms with Crippen molar-refractivity contribution < 1.29 is 14.4 Å². The molecule has 2 aliphatic rings. The van der Waals surface area contributed by atoms with Crippen molar-refractivity contribution in [3.8, 4) is 0 Å². The maximum Gasteiger partial charge on any atom is 0.251 e. The van der Waals surface area contributed by atoms with E-state index in [1.54, 1.807) is 24.3 Å². The van der Waals surface area contributed by atoms with E-state index in [1.807, 2.05) is 0 Å². The Labute approximate surface area is 141 Å². The van der Waals surface area contributed by atoms with Crippen molar-refractivity contribution in [2.24, 2.45) is 0 Å². The molecule has 6 heteroatoms. The van der Waals surface area contributed by atoms with Gasteiger partial charge in [-0.3, -0.25) is 19.3 Å². The van der Waals surface area contributed by atoms with Gasteiger partial charge in [-0.15, -0.1) is 0 Å². The molecule has 0 spiro atoms. The minimum absolute atomic E-state index is 0.0876. The fourth-order valence-corrected chi connectivity index (χ4v) is 3.24. The van der Waals surface area contributed by atoms with Gasteiger partial charge in [0.25, 0.3) is 5.91 Å². The van der Waals surface area contributed by atoms with Crippen molar-refractivity contribution in [2.45, 2.75) is 51.2 Å². The first-order chi connectivity index (χ1) is 11.5. The van der Waals surface area contributed by atoms with Crippen LogP contribution in [-0.2, 0) is 16.1 Å². The minimum atomic E-state index is -0.124. The molecule has 1 aromatic carbocycles. The lowest BCUT2D eigenvalue weighted by molar-refractivity contribution is -0.139. The molecular weight excluding hydrogens is 306 g/mol. The van der Waals surface area contributed by atoms with E-state index >= 15 is 0 Å². The van der Waals surface area contributed by atoms with Gasteiger partial charge in [-0.25, -0.2) is 0 Å². The highest BCUT2D eigenvalue weighted by Gasteiger charge is 2.28. The second-order valence-corrected chi connectivity index (χ2v) is 6.54. The highest BCUT2D eigenvalue weighted by Crippen LogP contribution is 2.16. The molecule has 2 saturated heterocycles. The normalized spacial score (nSPS) is 24.3. The zero-order valence-electron chi connectivity index (χ0n) is 13.9. The first-order valence-corrected chi connectivity index (χ1v) is 8.51. The van der Waals surface area contributed by atoms with Gasteiger partial charge in [0, 0.05) is 30.5 Å². The summed E-state index contributed by atoms with van der Waals surface area (Å²) in [6.45, 7) is 3.36. The van der Waals surface area contributed by atoms with Crippen molar-refractivity contribution >= 4 is 17.7 Å². The summed E-state index contributed by atoms with van der Waals surface area (Å²) in [6.07, 6.45) is 2.64. The highest BCUT2D eigenvalue weighted by atomic mass is 16.2. The second kappa shape index (κ2) is 7.13. The summed E-state index contributed by atoms with van der Waals surface area (Å²) in [6, 6.07) is 7.51. The quantitative estimate of drug-likeness (QED) is 0.814. The van der Waals surface area contributed by atoms with Crippen LogP contribution in [0.2, 0.25) is 0 Å². The number of likely N-dealkylation sites (tertiary alicyclic amines) is 1. The predicted octanol–water partition coefficient (Wildman–Crippen LogP) is 1.21. The lowest BCUT2D eigenvalue weighted by Crippen LogP contribution is -2.51. The Morgan fingerprint density at radius 1 is 1.21 bits per heavy atom. The van der Waals surface area contributed by atoms with Crippen LogP contribution < -0.4 is 10.6 Å². The Morgan fingerprint density at radius 2 is 1.88 bits per heavy atom. The van der Waals surface area contributed by atoms with Crippen LogP contribution in [0.25, 0.3) is 0 Å². The molecule has 24 heavy (non-hydrogen) atoms. The molecular formula is C18H23N3O3. The van der Waals surface area contributed by atoms with Crippen molar-refractivity contribution in [3.05, 3.63) is 35.4 Å². The van der Waals surface area contributed by atoms with Gasteiger partial charge in [-0.05, 0) is 44.0 Å². The van der Waals surface area contributed by atoms with Crippen molar-refractivity contribution in [3.63, 3.8) is 0 Å². The molecule has 2 unspecified atom stereocenters. The summed E-state index contributed by atoms with van der Waals surface area (Å²) in [4.78, 5) is 36.9. The molecule has 0 bridgehead atoms. The van der Waals surface area contributed by atoms with Gasteiger partial charge >= 0.3 is 0 Å². The standard InChI is InChI=1S/C18H23N3O3/c1-12-15(3-2-10-19-12)20-18(24)14-6-4-13(5-7-14)11-21-16(22)8-9-17(21)23/h4-7,12,15,19H,2-3,8-11H2,1H3,(H,20,24). The molecule has 1 aromatic rings. The Morgan fingerprint density at radius 3 is 2.50 bits per heavy atom. The van der Waals surface area contributed by atoms with Crippen molar-refractivity contribution in [1.82, 2.24) is 15.5 Å². The lowest BCUT2D eigenvalue weighted by Gasteiger charge is -2.30. The molecule has 3 amide bonds. The van der Waals surface area contributed by atoms with Crippen LogP contribution in [0.4, 0.5) is 0 Å². The van der Waals surface area contributed by atoms with Gasteiger partial charge in [0.2, 0.25) is 11.8 Å². The van der Waals surface area contributed by atoms with Gasteiger partial charge in [0.1, 0.15) is 0 Å². The second-order valence-electron chi connectivity index (χ2n) is 6.54. The third-order valence-electron chi connectivity index (χ3n) is 4.79. The predicted molar refractivity (Wildman–Crippen MR) is 89.2 cm³/mol. The molecule has 2 N–H and O–H groups in total. The minimum Gasteiger partial charge on any atom is -0.348 e. The topological polar surface area (TPSA) is 78.5 Å². The van der Waals surface area contributed by atoms with Gasteiger partial charge in [0.15, 0.2) is 0 Å². The lowest BCUT2D eigenvalue weighted by atomic mass is 9.99. The number of amides is 3. The van der Waals surface area contributed by atoms with E-state index in [4.69, 9.17) is 0 Å². The smallest absolute Gasteiger partial charge is 0.251 e. The molecule has 0 aromatic heterocycles. The zero-order valence-corrected chi connectivity index (χ0v) is 13.9. The molecule has 6 nitrogen and oxygen atoms in total. The van der Waals surface area contributed by atoms with E-state index in [-0.39, 0.29) is 36.3 Å². The van der Waals surface area contributed by atoms with Gasteiger partial charge in [0.05, 0.1) is 6.54 Å². The molecule has 2 aliphatic heterocycles. The first-order valence-electron chi connectivity index (χ1n) is 8.51. The van der Waals surface area contributed by atoms with E-state index in [2.05, 4.69) is 17.6 Å². The molecule has 2 heterocycles. The van der Waals surface area contributed by atoms with Crippen LogP contribution in [0.1, 0.15) is 48.5 Å². The fraction of sp³-hybridized carbons (Fsp3) is 0.500. The average Bonchev–Trinajstić information content (AvgIpc) is 2.89. The fourth-order valence-electron chi connectivity index (χ4n) is 3.24. The molecule has 128 valence electrons.